The predicted octanol–water partition coefficient (Wildman–Crippen LogP) is 4.48. The monoisotopic (exact) mass is 437 g/mol. The normalized spacial score (nSPS) is 13.9. The van der Waals surface area contributed by atoms with Crippen LogP contribution < -0.4 is 4.72 Å². The molecule has 1 aromatic heterocycles. The third kappa shape index (κ3) is 4.84. The number of rotatable bonds is 7. The zero-order chi connectivity index (χ0) is 22.0. The Morgan fingerprint density at radius 1 is 1.00 bits per heavy atom. The highest BCUT2D eigenvalue weighted by Crippen LogP contribution is 2.34. The molecule has 1 heterocycles. The molecule has 0 saturated heterocycles. The van der Waals surface area contributed by atoms with E-state index >= 15 is 0 Å². The summed E-state index contributed by atoms with van der Waals surface area (Å²) < 4.78 is 40.9. The second-order valence-electron chi connectivity index (χ2n) is 7.84. The van der Waals surface area contributed by atoms with Crippen molar-refractivity contribution >= 4 is 20.9 Å². The van der Waals surface area contributed by atoms with Crippen molar-refractivity contribution in [2.24, 2.45) is 5.92 Å². The summed E-state index contributed by atoms with van der Waals surface area (Å²) in [7, 11) is -3.27. The van der Waals surface area contributed by atoms with Gasteiger partial charge in [0.2, 0.25) is 10.0 Å². The van der Waals surface area contributed by atoms with Crippen molar-refractivity contribution < 1.29 is 12.8 Å². The Morgan fingerprint density at radius 3 is 2.39 bits per heavy atom. The number of hydrogen-bond acceptors (Lipinski definition) is 3. The quantitative estimate of drug-likeness (QED) is 0.464. The average molecular weight is 438 g/mol. The van der Waals surface area contributed by atoms with E-state index in [1.165, 1.54) is 18.4 Å². The molecule has 3 aromatic carbocycles. The lowest BCUT2D eigenvalue weighted by atomic mass is 9.81. The van der Waals surface area contributed by atoms with Crippen LogP contribution in [0.2, 0.25) is 0 Å². The van der Waals surface area contributed by atoms with Crippen LogP contribution in [0, 0.1) is 11.7 Å². The molecule has 7 heteroatoms. The number of fused-ring (bicyclic) bond motifs is 1. The molecule has 0 radical (unpaired) electrons. The Balaban J connectivity index is 1.73. The molecule has 0 amide bonds. The van der Waals surface area contributed by atoms with Gasteiger partial charge in [-0.3, -0.25) is 0 Å². The van der Waals surface area contributed by atoms with E-state index in [-0.39, 0.29) is 17.7 Å². The number of aromatic nitrogens is 2. The first kappa shape index (κ1) is 21.2. The number of sulfonamides is 1. The molecule has 2 atom stereocenters. The predicted molar refractivity (Wildman–Crippen MR) is 121 cm³/mol. The SMILES string of the molecule is CC(CNS(C)(=O)=O)C(c1ccccc1)c1ccc2c(cnn2-c2ccc(F)cc2)c1. The fourth-order valence-electron chi connectivity index (χ4n) is 3.94. The van der Waals surface area contributed by atoms with Crippen LogP contribution in [0.1, 0.15) is 24.0 Å². The molecule has 2 unspecified atom stereocenters. The Bertz CT molecular complexity index is 1290. The number of nitrogens with one attached hydrogen (secondary N) is 1. The summed E-state index contributed by atoms with van der Waals surface area (Å²) in [4.78, 5) is 0. The van der Waals surface area contributed by atoms with E-state index in [1.54, 1.807) is 23.0 Å². The van der Waals surface area contributed by atoms with Gasteiger partial charge in [-0.2, -0.15) is 5.10 Å². The minimum Gasteiger partial charge on any atom is -0.233 e. The lowest BCUT2D eigenvalue weighted by Gasteiger charge is -2.25. The minimum absolute atomic E-state index is 0.00835. The summed E-state index contributed by atoms with van der Waals surface area (Å²) in [5.74, 6) is -0.249. The molecule has 0 bridgehead atoms. The van der Waals surface area contributed by atoms with Gasteiger partial charge < -0.3 is 0 Å². The zero-order valence-corrected chi connectivity index (χ0v) is 18.2. The number of halogens is 1. The summed E-state index contributed by atoms with van der Waals surface area (Å²) in [6.45, 7) is 2.38. The number of nitrogens with zero attached hydrogens (tertiary/aromatic N) is 2. The second-order valence-corrected chi connectivity index (χ2v) is 9.67. The zero-order valence-electron chi connectivity index (χ0n) is 17.4. The Hall–Kier alpha value is -3.03. The van der Waals surface area contributed by atoms with Crippen LogP contribution in [0.25, 0.3) is 16.6 Å². The van der Waals surface area contributed by atoms with Gasteiger partial charge in [0.25, 0.3) is 0 Å². The van der Waals surface area contributed by atoms with Crippen molar-refractivity contribution in [3.05, 3.63) is 95.9 Å². The molecular weight excluding hydrogens is 413 g/mol. The summed E-state index contributed by atoms with van der Waals surface area (Å²) in [5, 5.41) is 5.45. The molecule has 0 aliphatic rings. The van der Waals surface area contributed by atoms with Gasteiger partial charge in [-0.05, 0) is 53.4 Å². The summed E-state index contributed by atoms with van der Waals surface area (Å²) in [5.41, 5.74) is 3.91. The standard InChI is InChI=1S/C24H24FN3O2S/c1-17(15-27-31(2,29)30)24(18-6-4-3-5-7-18)19-8-13-23-20(14-19)16-26-28(23)22-11-9-21(25)10-12-22/h3-14,16-17,24,27H,15H2,1-2H3. The molecule has 5 nitrogen and oxygen atoms in total. The maximum atomic E-state index is 13.3. The van der Waals surface area contributed by atoms with Gasteiger partial charge in [0.15, 0.2) is 0 Å². The van der Waals surface area contributed by atoms with E-state index in [0.29, 0.717) is 6.54 Å². The van der Waals surface area contributed by atoms with Gasteiger partial charge in [-0.1, -0.05) is 43.3 Å². The van der Waals surface area contributed by atoms with Crippen LogP contribution in [0.15, 0.2) is 79.0 Å². The number of benzene rings is 3. The van der Waals surface area contributed by atoms with Gasteiger partial charge in [0.1, 0.15) is 5.82 Å². The van der Waals surface area contributed by atoms with Crippen molar-refractivity contribution in [3.63, 3.8) is 0 Å². The van der Waals surface area contributed by atoms with Crippen molar-refractivity contribution in [1.29, 1.82) is 0 Å². The second kappa shape index (κ2) is 8.61. The molecular formula is C24H24FN3O2S. The van der Waals surface area contributed by atoms with E-state index in [1.807, 2.05) is 31.2 Å². The molecule has 0 spiro atoms. The number of hydrogen-bond donors (Lipinski definition) is 1. The van der Waals surface area contributed by atoms with Crippen LogP contribution in [-0.4, -0.2) is 31.0 Å². The van der Waals surface area contributed by atoms with Crippen molar-refractivity contribution in [2.75, 3.05) is 12.8 Å². The molecule has 4 rings (SSSR count). The van der Waals surface area contributed by atoms with Crippen molar-refractivity contribution in [1.82, 2.24) is 14.5 Å². The molecule has 1 N–H and O–H groups in total. The van der Waals surface area contributed by atoms with Crippen LogP contribution >= 0.6 is 0 Å². The van der Waals surface area contributed by atoms with E-state index in [9.17, 15) is 12.8 Å². The molecule has 0 fully saturated rings. The Kier molecular flexibility index (Phi) is 5.89. The van der Waals surface area contributed by atoms with E-state index in [4.69, 9.17) is 0 Å². The Labute approximate surface area is 181 Å². The fourth-order valence-corrected chi connectivity index (χ4v) is 4.51. The third-order valence-corrected chi connectivity index (χ3v) is 6.11. The summed E-state index contributed by atoms with van der Waals surface area (Å²) in [6, 6.07) is 22.5. The summed E-state index contributed by atoms with van der Waals surface area (Å²) >= 11 is 0. The minimum atomic E-state index is -3.27. The van der Waals surface area contributed by atoms with Crippen LogP contribution in [0.5, 0.6) is 0 Å². The highest BCUT2D eigenvalue weighted by atomic mass is 32.2. The molecule has 31 heavy (non-hydrogen) atoms. The van der Waals surface area contributed by atoms with E-state index < -0.39 is 10.0 Å². The lowest BCUT2D eigenvalue weighted by Crippen LogP contribution is -2.30. The lowest BCUT2D eigenvalue weighted by molar-refractivity contribution is 0.496. The highest BCUT2D eigenvalue weighted by molar-refractivity contribution is 7.88. The van der Waals surface area contributed by atoms with Crippen molar-refractivity contribution in [3.8, 4) is 5.69 Å². The van der Waals surface area contributed by atoms with E-state index in [2.05, 4.69) is 34.1 Å². The molecule has 4 aromatic rings. The van der Waals surface area contributed by atoms with Gasteiger partial charge in [0, 0.05) is 17.8 Å². The first-order valence-corrected chi connectivity index (χ1v) is 11.9. The molecule has 0 aliphatic carbocycles. The van der Waals surface area contributed by atoms with Gasteiger partial charge in [-0.25, -0.2) is 22.2 Å². The van der Waals surface area contributed by atoms with Crippen LogP contribution in [0.4, 0.5) is 4.39 Å². The smallest absolute Gasteiger partial charge is 0.208 e. The average Bonchev–Trinajstić information content (AvgIpc) is 3.17. The molecule has 0 aliphatic heterocycles. The van der Waals surface area contributed by atoms with Gasteiger partial charge >= 0.3 is 0 Å². The summed E-state index contributed by atoms with van der Waals surface area (Å²) in [6.07, 6.45) is 2.97. The van der Waals surface area contributed by atoms with Gasteiger partial charge in [0.05, 0.1) is 23.7 Å². The molecule has 160 valence electrons. The fraction of sp³-hybridized carbons (Fsp3) is 0.208. The molecule has 0 saturated carbocycles. The first-order chi connectivity index (χ1) is 14.8. The van der Waals surface area contributed by atoms with E-state index in [0.717, 1.165) is 27.7 Å². The maximum absolute atomic E-state index is 13.3. The van der Waals surface area contributed by atoms with Gasteiger partial charge in [-0.15, -0.1) is 0 Å². The van der Waals surface area contributed by atoms with Crippen molar-refractivity contribution in [2.45, 2.75) is 12.8 Å². The third-order valence-electron chi connectivity index (χ3n) is 5.42. The van der Waals surface area contributed by atoms with Crippen LogP contribution in [0.3, 0.4) is 0 Å². The Morgan fingerprint density at radius 2 is 1.71 bits per heavy atom. The largest absolute Gasteiger partial charge is 0.233 e. The maximum Gasteiger partial charge on any atom is 0.208 e. The topological polar surface area (TPSA) is 64.0 Å². The first-order valence-electron chi connectivity index (χ1n) is 10.0. The van der Waals surface area contributed by atoms with Crippen LogP contribution in [-0.2, 0) is 10.0 Å². The highest BCUT2D eigenvalue weighted by Gasteiger charge is 2.23.